The van der Waals surface area contributed by atoms with Crippen molar-refractivity contribution in [2.75, 3.05) is 0 Å². The molecule has 0 aromatic rings. The first kappa shape index (κ1) is 6.93. The van der Waals surface area contributed by atoms with Gasteiger partial charge >= 0.3 is 0 Å². The first-order valence-electron chi connectivity index (χ1n) is 3.18. The molecule has 2 atom stereocenters. The van der Waals surface area contributed by atoms with Crippen LogP contribution < -0.4 is 5.73 Å². The second-order valence-electron chi connectivity index (χ2n) is 2.48. The molecule has 1 heterocycles. The first-order valence-corrected chi connectivity index (χ1v) is 4.06. The van der Waals surface area contributed by atoms with Crippen LogP contribution in [-0.4, -0.2) is 16.5 Å². The monoisotopic (exact) mass is 144 g/mol. The summed E-state index contributed by atoms with van der Waals surface area (Å²) in [6.07, 6.45) is 1.16. The average molecular weight is 144 g/mol. The smallest absolute Gasteiger partial charge is 0.154 e. The molecule has 0 radical (unpaired) electrons. The SMILES string of the molecule is CC1CC(C)SC(N)=N1. The maximum Gasteiger partial charge on any atom is 0.154 e. The molecule has 0 aromatic carbocycles. The van der Waals surface area contributed by atoms with Gasteiger partial charge in [0.25, 0.3) is 0 Å². The molecule has 52 valence electrons. The molecule has 1 aliphatic heterocycles. The van der Waals surface area contributed by atoms with Gasteiger partial charge in [0.2, 0.25) is 0 Å². The normalized spacial score (nSPS) is 36.0. The van der Waals surface area contributed by atoms with E-state index in [0.717, 1.165) is 11.6 Å². The summed E-state index contributed by atoms with van der Waals surface area (Å²) in [7, 11) is 0. The van der Waals surface area contributed by atoms with Crippen molar-refractivity contribution in [1.82, 2.24) is 0 Å². The number of aliphatic imine (C=N–C) groups is 1. The third-order valence-electron chi connectivity index (χ3n) is 1.34. The minimum absolute atomic E-state index is 0.432. The fourth-order valence-corrected chi connectivity index (χ4v) is 2.06. The predicted octanol–water partition coefficient (Wildman–Crippen LogP) is 1.22. The van der Waals surface area contributed by atoms with Gasteiger partial charge in [-0.05, 0) is 13.3 Å². The number of thioether (sulfide) groups is 1. The third kappa shape index (κ3) is 1.90. The van der Waals surface area contributed by atoms with Gasteiger partial charge in [0.15, 0.2) is 5.17 Å². The number of hydrogen-bond donors (Lipinski definition) is 1. The molecular weight excluding hydrogens is 132 g/mol. The molecule has 0 amide bonds. The molecule has 0 fully saturated rings. The summed E-state index contributed by atoms with van der Waals surface area (Å²) in [6, 6.07) is 0.432. The minimum Gasteiger partial charge on any atom is -0.379 e. The van der Waals surface area contributed by atoms with Crippen LogP contribution in [0.3, 0.4) is 0 Å². The molecule has 1 aliphatic rings. The summed E-state index contributed by atoms with van der Waals surface area (Å²) >= 11 is 1.67. The molecule has 2 unspecified atom stereocenters. The molecule has 0 saturated carbocycles. The van der Waals surface area contributed by atoms with Gasteiger partial charge in [0, 0.05) is 5.25 Å². The van der Waals surface area contributed by atoms with E-state index in [0.29, 0.717) is 11.3 Å². The Balaban J connectivity index is 2.56. The van der Waals surface area contributed by atoms with Gasteiger partial charge < -0.3 is 5.73 Å². The number of nitrogens with zero attached hydrogens (tertiary/aromatic N) is 1. The lowest BCUT2D eigenvalue weighted by Crippen LogP contribution is -2.22. The predicted molar refractivity (Wildman–Crippen MR) is 42.8 cm³/mol. The summed E-state index contributed by atoms with van der Waals surface area (Å²) in [5, 5.41) is 1.40. The molecular formula is C6H12N2S. The van der Waals surface area contributed by atoms with Crippen LogP contribution in [-0.2, 0) is 0 Å². The molecule has 2 nitrogen and oxygen atoms in total. The van der Waals surface area contributed by atoms with Crippen molar-refractivity contribution in [2.24, 2.45) is 10.7 Å². The van der Waals surface area contributed by atoms with Crippen LogP contribution >= 0.6 is 11.8 Å². The Morgan fingerprint density at radius 1 is 1.67 bits per heavy atom. The highest BCUT2D eigenvalue weighted by molar-refractivity contribution is 8.14. The maximum absolute atomic E-state index is 5.53. The lowest BCUT2D eigenvalue weighted by molar-refractivity contribution is 0.660. The van der Waals surface area contributed by atoms with Crippen LogP contribution in [0.2, 0.25) is 0 Å². The topological polar surface area (TPSA) is 38.4 Å². The standard InChI is InChI=1S/C6H12N2S/c1-4-3-5(2)9-6(7)8-4/h4-5H,3H2,1-2H3,(H2,7,8). The van der Waals surface area contributed by atoms with E-state index in [1.54, 1.807) is 11.8 Å². The van der Waals surface area contributed by atoms with Crippen molar-refractivity contribution >= 4 is 16.9 Å². The van der Waals surface area contributed by atoms with Crippen LogP contribution in [0.1, 0.15) is 20.3 Å². The third-order valence-corrected chi connectivity index (χ3v) is 2.28. The highest BCUT2D eigenvalue weighted by Gasteiger charge is 2.15. The summed E-state index contributed by atoms with van der Waals surface area (Å²) < 4.78 is 0. The van der Waals surface area contributed by atoms with Gasteiger partial charge in [-0.3, -0.25) is 4.99 Å². The van der Waals surface area contributed by atoms with E-state index in [1.807, 2.05) is 0 Å². The molecule has 0 bridgehead atoms. The molecule has 0 aromatic heterocycles. The number of rotatable bonds is 0. The molecule has 9 heavy (non-hydrogen) atoms. The van der Waals surface area contributed by atoms with Gasteiger partial charge in [-0.1, -0.05) is 18.7 Å². The van der Waals surface area contributed by atoms with Crippen LogP contribution in [0.5, 0.6) is 0 Å². The first-order chi connectivity index (χ1) is 4.18. The van der Waals surface area contributed by atoms with E-state index in [9.17, 15) is 0 Å². The molecule has 2 N–H and O–H groups in total. The van der Waals surface area contributed by atoms with Gasteiger partial charge in [-0.15, -0.1) is 0 Å². The highest BCUT2D eigenvalue weighted by atomic mass is 32.2. The number of hydrogen-bond acceptors (Lipinski definition) is 3. The Labute approximate surface area is 59.9 Å². The zero-order valence-corrected chi connectivity index (χ0v) is 6.61. The van der Waals surface area contributed by atoms with Crippen molar-refractivity contribution in [1.29, 1.82) is 0 Å². The molecule has 1 rings (SSSR count). The van der Waals surface area contributed by atoms with E-state index in [1.165, 1.54) is 0 Å². The van der Waals surface area contributed by atoms with E-state index >= 15 is 0 Å². The quantitative estimate of drug-likeness (QED) is 0.555. The van der Waals surface area contributed by atoms with Crippen LogP contribution in [0.4, 0.5) is 0 Å². The lowest BCUT2D eigenvalue weighted by atomic mass is 10.2. The second kappa shape index (κ2) is 2.60. The summed E-state index contributed by atoms with van der Waals surface area (Å²) in [5.74, 6) is 0. The second-order valence-corrected chi connectivity index (χ2v) is 3.94. The van der Waals surface area contributed by atoms with E-state index in [2.05, 4.69) is 18.8 Å². The van der Waals surface area contributed by atoms with Crippen LogP contribution in [0.25, 0.3) is 0 Å². The van der Waals surface area contributed by atoms with Gasteiger partial charge in [0.1, 0.15) is 0 Å². The average Bonchev–Trinajstić information content (AvgIpc) is 1.59. The fraction of sp³-hybridized carbons (Fsp3) is 0.833. The van der Waals surface area contributed by atoms with E-state index in [-0.39, 0.29) is 0 Å². The van der Waals surface area contributed by atoms with Gasteiger partial charge in [-0.2, -0.15) is 0 Å². The van der Waals surface area contributed by atoms with Crippen molar-refractivity contribution in [2.45, 2.75) is 31.6 Å². The zero-order chi connectivity index (χ0) is 6.85. The minimum atomic E-state index is 0.432. The summed E-state index contributed by atoms with van der Waals surface area (Å²) in [4.78, 5) is 4.19. The number of amidine groups is 1. The van der Waals surface area contributed by atoms with E-state index < -0.39 is 0 Å². The Morgan fingerprint density at radius 3 is 2.78 bits per heavy atom. The lowest BCUT2D eigenvalue weighted by Gasteiger charge is -2.19. The van der Waals surface area contributed by atoms with Crippen LogP contribution in [0, 0.1) is 0 Å². The zero-order valence-electron chi connectivity index (χ0n) is 5.79. The van der Waals surface area contributed by atoms with Gasteiger partial charge in [-0.25, -0.2) is 0 Å². The van der Waals surface area contributed by atoms with Crippen molar-refractivity contribution in [3.8, 4) is 0 Å². The molecule has 0 saturated heterocycles. The van der Waals surface area contributed by atoms with E-state index in [4.69, 9.17) is 5.73 Å². The molecule has 0 aliphatic carbocycles. The number of nitrogens with two attached hydrogens (primary N) is 1. The summed E-state index contributed by atoms with van der Waals surface area (Å²) in [5.41, 5.74) is 5.53. The van der Waals surface area contributed by atoms with Crippen LogP contribution in [0.15, 0.2) is 4.99 Å². The Kier molecular flexibility index (Phi) is 2.01. The Morgan fingerprint density at radius 2 is 2.33 bits per heavy atom. The Bertz CT molecular complexity index is 133. The van der Waals surface area contributed by atoms with Crippen molar-refractivity contribution < 1.29 is 0 Å². The van der Waals surface area contributed by atoms with Gasteiger partial charge in [0.05, 0.1) is 6.04 Å². The fourth-order valence-electron chi connectivity index (χ4n) is 1.03. The molecule has 3 heteroatoms. The Hall–Kier alpha value is -0.180. The summed E-state index contributed by atoms with van der Waals surface area (Å²) in [6.45, 7) is 4.28. The largest absolute Gasteiger partial charge is 0.379 e. The van der Waals surface area contributed by atoms with Crippen molar-refractivity contribution in [3.05, 3.63) is 0 Å². The molecule has 0 spiro atoms. The van der Waals surface area contributed by atoms with Crippen molar-refractivity contribution in [3.63, 3.8) is 0 Å². The maximum atomic E-state index is 5.53. The highest BCUT2D eigenvalue weighted by Crippen LogP contribution is 2.22.